The number of anilines is 1. The maximum atomic E-state index is 10.6. The number of aliphatic carboxylic acids is 1. The molecule has 0 amide bonds. The minimum atomic E-state index is -0.812. The van der Waals surface area contributed by atoms with Gasteiger partial charge in [-0.1, -0.05) is 32.9 Å². The molecule has 106 valence electrons. The van der Waals surface area contributed by atoms with E-state index in [0.29, 0.717) is 6.54 Å². The Hall–Kier alpha value is -2.10. The normalized spacial score (nSPS) is 11.6. The van der Waals surface area contributed by atoms with Crippen LogP contribution in [0.4, 0.5) is 5.82 Å². The van der Waals surface area contributed by atoms with Crippen molar-refractivity contribution in [3.05, 3.63) is 36.0 Å². The summed E-state index contributed by atoms with van der Waals surface area (Å²) in [5.74, 6) is -0.0667. The number of rotatable bonds is 4. The molecule has 0 unspecified atom stereocenters. The van der Waals surface area contributed by atoms with Crippen LogP contribution < -0.4 is 5.32 Å². The molecule has 2 aromatic rings. The van der Waals surface area contributed by atoms with E-state index in [-0.39, 0.29) is 11.8 Å². The summed E-state index contributed by atoms with van der Waals surface area (Å²) in [7, 11) is 0. The minimum absolute atomic E-state index is 0.0718. The first-order valence-electron chi connectivity index (χ1n) is 6.73. The second kappa shape index (κ2) is 5.49. The number of carboxylic acid groups (broad SMARTS) is 1. The van der Waals surface area contributed by atoms with E-state index in [1.165, 1.54) is 5.56 Å². The molecule has 0 saturated heterocycles. The topological polar surface area (TPSA) is 62.2 Å². The van der Waals surface area contributed by atoms with Crippen LogP contribution in [0.1, 0.15) is 32.8 Å². The summed E-state index contributed by atoms with van der Waals surface area (Å²) in [5, 5.41) is 13.9. The van der Waals surface area contributed by atoms with E-state index in [0.717, 1.165) is 16.6 Å². The summed E-state index contributed by atoms with van der Waals surface area (Å²) in [5.41, 5.74) is 1.31. The monoisotopic (exact) mass is 272 g/mol. The van der Waals surface area contributed by atoms with Gasteiger partial charge in [0, 0.05) is 18.1 Å². The zero-order valence-corrected chi connectivity index (χ0v) is 12.1. The fourth-order valence-electron chi connectivity index (χ4n) is 2.06. The van der Waals surface area contributed by atoms with Crippen molar-refractivity contribution >= 4 is 22.6 Å². The van der Waals surface area contributed by atoms with E-state index < -0.39 is 5.97 Å². The predicted molar refractivity (Wildman–Crippen MR) is 81.2 cm³/mol. The largest absolute Gasteiger partial charge is 0.481 e. The second-order valence-corrected chi connectivity index (χ2v) is 5.92. The first kappa shape index (κ1) is 14.3. The maximum absolute atomic E-state index is 10.6. The quantitative estimate of drug-likeness (QED) is 0.895. The number of fused-ring (bicyclic) bond motifs is 1. The molecule has 1 aromatic carbocycles. The zero-order valence-electron chi connectivity index (χ0n) is 12.1. The average molecular weight is 272 g/mol. The number of benzene rings is 1. The molecule has 0 radical (unpaired) electrons. The van der Waals surface area contributed by atoms with Crippen molar-refractivity contribution in [1.29, 1.82) is 0 Å². The van der Waals surface area contributed by atoms with Crippen LogP contribution in [-0.4, -0.2) is 22.6 Å². The first-order valence-corrected chi connectivity index (χ1v) is 6.73. The molecule has 0 aliphatic heterocycles. The van der Waals surface area contributed by atoms with Gasteiger partial charge >= 0.3 is 5.97 Å². The van der Waals surface area contributed by atoms with E-state index >= 15 is 0 Å². The van der Waals surface area contributed by atoms with E-state index in [4.69, 9.17) is 5.11 Å². The van der Waals surface area contributed by atoms with Gasteiger partial charge in [-0.05, 0) is 28.5 Å². The Balaban J connectivity index is 2.36. The Kier molecular flexibility index (Phi) is 3.93. The number of nitrogens with zero attached hydrogens (tertiary/aromatic N) is 1. The van der Waals surface area contributed by atoms with Gasteiger partial charge < -0.3 is 10.4 Å². The van der Waals surface area contributed by atoms with Crippen molar-refractivity contribution < 1.29 is 9.90 Å². The lowest BCUT2D eigenvalue weighted by Gasteiger charge is -2.20. The maximum Gasteiger partial charge on any atom is 0.305 e. The van der Waals surface area contributed by atoms with E-state index in [1.54, 1.807) is 6.20 Å². The summed E-state index contributed by atoms with van der Waals surface area (Å²) in [6.07, 6.45) is 1.82. The van der Waals surface area contributed by atoms with E-state index in [1.807, 2.05) is 6.07 Å². The van der Waals surface area contributed by atoms with E-state index in [2.05, 4.69) is 49.3 Å². The van der Waals surface area contributed by atoms with Crippen LogP contribution >= 0.6 is 0 Å². The Bertz CT molecular complexity index is 630. The van der Waals surface area contributed by atoms with Crippen LogP contribution in [0, 0.1) is 0 Å². The van der Waals surface area contributed by atoms with Gasteiger partial charge in [-0.15, -0.1) is 0 Å². The van der Waals surface area contributed by atoms with Gasteiger partial charge in [-0.2, -0.15) is 0 Å². The summed E-state index contributed by atoms with van der Waals surface area (Å²) in [6.45, 7) is 6.88. The SMILES string of the molecule is CC(C)(C)c1ccc2ccnc(NCCC(=O)O)c2c1. The van der Waals surface area contributed by atoms with Gasteiger partial charge in [0.1, 0.15) is 5.82 Å². The number of hydrogen-bond donors (Lipinski definition) is 2. The molecule has 0 aliphatic rings. The first-order chi connectivity index (χ1) is 9.38. The van der Waals surface area contributed by atoms with Gasteiger partial charge in [0.2, 0.25) is 0 Å². The number of pyridine rings is 1. The Morgan fingerprint density at radius 3 is 2.70 bits per heavy atom. The molecule has 0 atom stereocenters. The molecule has 20 heavy (non-hydrogen) atoms. The molecule has 4 nitrogen and oxygen atoms in total. The molecule has 2 rings (SSSR count). The highest BCUT2D eigenvalue weighted by atomic mass is 16.4. The number of hydrogen-bond acceptors (Lipinski definition) is 3. The molecule has 0 bridgehead atoms. The standard InChI is InChI=1S/C16H20N2O2/c1-16(2,3)12-5-4-11-6-8-17-15(13(11)10-12)18-9-7-14(19)20/h4-6,8,10H,7,9H2,1-3H3,(H,17,18)(H,19,20). The van der Waals surface area contributed by atoms with Crippen LogP contribution in [-0.2, 0) is 10.2 Å². The van der Waals surface area contributed by atoms with Gasteiger partial charge in [0.15, 0.2) is 0 Å². The van der Waals surface area contributed by atoms with Gasteiger partial charge in [0.05, 0.1) is 6.42 Å². The van der Waals surface area contributed by atoms with Crippen LogP contribution in [0.3, 0.4) is 0 Å². The Morgan fingerprint density at radius 2 is 2.05 bits per heavy atom. The lowest BCUT2D eigenvalue weighted by molar-refractivity contribution is -0.136. The van der Waals surface area contributed by atoms with Crippen molar-refractivity contribution in [1.82, 2.24) is 4.98 Å². The smallest absolute Gasteiger partial charge is 0.305 e. The highest BCUT2D eigenvalue weighted by Crippen LogP contribution is 2.28. The fourth-order valence-corrected chi connectivity index (χ4v) is 2.06. The highest BCUT2D eigenvalue weighted by Gasteiger charge is 2.14. The lowest BCUT2D eigenvalue weighted by Crippen LogP contribution is -2.11. The Labute approximate surface area is 118 Å². The summed E-state index contributed by atoms with van der Waals surface area (Å²) in [4.78, 5) is 14.9. The van der Waals surface area contributed by atoms with Crippen LogP contribution in [0.2, 0.25) is 0 Å². The van der Waals surface area contributed by atoms with Crippen molar-refractivity contribution in [3.8, 4) is 0 Å². The third-order valence-corrected chi connectivity index (χ3v) is 3.26. The molecule has 1 heterocycles. The molecule has 0 fully saturated rings. The summed E-state index contributed by atoms with van der Waals surface area (Å²) >= 11 is 0. The average Bonchev–Trinajstić information content (AvgIpc) is 2.37. The number of aromatic nitrogens is 1. The van der Waals surface area contributed by atoms with Crippen LogP contribution in [0.5, 0.6) is 0 Å². The van der Waals surface area contributed by atoms with Crippen molar-refractivity contribution in [2.45, 2.75) is 32.6 Å². The summed E-state index contributed by atoms with van der Waals surface area (Å²) in [6, 6.07) is 8.30. The zero-order chi connectivity index (χ0) is 14.8. The lowest BCUT2D eigenvalue weighted by atomic mass is 9.86. The molecular weight excluding hydrogens is 252 g/mol. The molecule has 4 heteroatoms. The molecular formula is C16H20N2O2. The number of carboxylic acids is 1. The van der Waals surface area contributed by atoms with Gasteiger partial charge in [-0.25, -0.2) is 4.98 Å². The fraction of sp³-hybridized carbons (Fsp3) is 0.375. The summed E-state index contributed by atoms with van der Waals surface area (Å²) < 4.78 is 0. The molecule has 1 aromatic heterocycles. The molecule has 0 aliphatic carbocycles. The molecule has 2 N–H and O–H groups in total. The number of carbonyl (C=O) groups is 1. The van der Waals surface area contributed by atoms with Crippen molar-refractivity contribution in [3.63, 3.8) is 0 Å². The van der Waals surface area contributed by atoms with Crippen molar-refractivity contribution in [2.75, 3.05) is 11.9 Å². The van der Waals surface area contributed by atoms with Crippen molar-refractivity contribution in [2.24, 2.45) is 0 Å². The Morgan fingerprint density at radius 1 is 1.30 bits per heavy atom. The number of nitrogens with one attached hydrogen (secondary N) is 1. The van der Waals surface area contributed by atoms with Gasteiger partial charge in [-0.3, -0.25) is 4.79 Å². The highest BCUT2D eigenvalue weighted by molar-refractivity contribution is 5.92. The van der Waals surface area contributed by atoms with Gasteiger partial charge in [0.25, 0.3) is 0 Å². The second-order valence-electron chi connectivity index (χ2n) is 5.92. The van der Waals surface area contributed by atoms with Crippen LogP contribution in [0.25, 0.3) is 10.8 Å². The molecule has 0 spiro atoms. The predicted octanol–water partition coefficient (Wildman–Crippen LogP) is 3.42. The third kappa shape index (κ3) is 3.26. The minimum Gasteiger partial charge on any atom is -0.481 e. The molecule has 0 saturated carbocycles. The van der Waals surface area contributed by atoms with E-state index in [9.17, 15) is 4.79 Å². The van der Waals surface area contributed by atoms with Crippen LogP contribution in [0.15, 0.2) is 30.5 Å². The third-order valence-electron chi connectivity index (χ3n) is 3.26.